The van der Waals surface area contributed by atoms with Gasteiger partial charge in [0.15, 0.2) is 6.23 Å². The van der Waals surface area contributed by atoms with E-state index >= 15 is 0 Å². The Kier molecular flexibility index (Phi) is 4.92. The predicted octanol–water partition coefficient (Wildman–Crippen LogP) is -1.87. The highest BCUT2D eigenvalue weighted by Crippen LogP contribution is 2.27. The number of H-pyrrole nitrogens is 1. The largest absolute Gasteiger partial charge is 0.399 e. The molecule has 0 unspecified atom stereocenters. The van der Waals surface area contributed by atoms with Crippen molar-refractivity contribution >= 4 is 5.69 Å². The van der Waals surface area contributed by atoms with Crippen molar-refractivity contribution in [3.63, 3.8) is 0 Å². The van der Waals surface area contributed by atoms with Gasteiger partial charge >= 0.3 is 5.69 Å². The summed E-state index contributed by atoms with van der Waals surface area (Å²) in [5, 5.41) is 29.0. The van der Waals surface area contributed by atoms with Crippen molar-refractivity contribution in [2.75, 3.05) is 12.3 Å². The lowest BCUT2D eigenvalue weighted by Crippen LogP contribution is -2.38. The molecule has 0 saturated carbocycles. The fourth-order valence-electron chi connectivity index (χ4n) is 2.63. The number of aliphatic hydroxyl groups excluding tert-OH is 3. The second kappa shape index (κ2) is 7.15. The van der Waals surface area contributed by atoms with Gasteiger partial charge in [-0.05, 0) is 18.2 Å². The van der Waals surface area contributed by atoms with Crippen LogP contribution in [0.25, 0.3) is 0 Å². The van der Waals surface area contributed by atoms with Gasteiger partial charge in [-0.25, -0.2) is 4.79 Å². The molecule has 9 nitrogen and oxygen atoms in total. The molecule has 1 aliphatic rings. The predicted molar refractivity (Wildman–Crippen MR) is 91.2 cm³/mol. The van der Waals surface area contributed by atoms with Crippen LogP contribution in [0.1, 0.15) is 17.4 Å². The number of aromatic nitrogens is 2. The monoisotopic (exact) mass is 359 g/mol. The van der Waals surface area contributed by atoms with Crippen molar-refractivity contribution in [1.29, 1.82) is 0 Å². The maximum absolute atomic E-state index is 12.1. The Morgan fingerprint density at radius 2 is 2.00 bits per heavy atom. The van der Waals surface area contributed by atoms with Crippen molar-refractivity contribution in [2.24, 2.45) is 0 Å². The van der Waals surface area contributed by atoms with Gasteiger partial charge in [-0.15, -0.1) is 0 Å². The van der Waals surface area contributed by atoms with Gasteiger partial charge < -0.3 is 25.8 Å². The highest BCUT2D eigenvalue weighted by atomic mass is 16.6. The van der Waals surface area contributed by atoms with Crippen LogP contribution in [-0.2, 0) is 4.74 Å². The molecule has 3 rings (SSSR count). The van der Waals surface area contributed by atoms with E-state index in [2.05, 4.69) is 16.8 Å². The van der Waals surface area contributed by atoms with Gasteiger partial charge in [0, 0.05) is 17.4 Å². The van der Waals surface area contributed by atoms with E-state index in [-0.39, 0.29) is 5.56 Å². The second-order valence-electron chi connectivity index (χ2n) is 5.81. The Balaban J connectivity index is 1.99. The molecule has 2 heterocycles. The lowest BCUT2D eigenvalue weighted by atomic mass is 10.1. The van der Waals surface area contributed by atoms with Crippen molar-refractivity contribution in [3.05, 3.63) is 62.4 Å². The Hall–Kier alpha value is -2.90. The van der Waals surface area contributed by atoms with E-state index in [4.69, 9.17) is 15.6 Å². The molecule has 1 aromatic heterocycles. The lowest BCUT2D eigenvalue weighted by Gasteiger charge is -2.17. The third kappa shape index (κ3) is 3.40. The summed E-state index contributed by atoms with van der Waals surface area (Å²) >= 11 is 0. The molecule has 2 aromatic rings. The topological polar surface area (TPSA) is 151 Å². The Morgan fingerprint density at radius 3 is 2.65 bits per heavy atom. The number of nitrogens with zero attached hydrogens (tertiary/aromatic N) is 1. The Morgan fingerprint density at radius 1 is 1.23 bits per heavy atom. The van der Waals surface area contributed by atoms with E-state index in [0.29, 0.717) is 11.3 Å². The highest BCUT2D eigenvalue weighted by Gasteiger charge is 2.43. The number of nitrogens with one attached hydrogen (secondary N) is 1. The first kappa shape index (κ1) is 17.9. The summed E-state index contributed by atoms with van der Waals surface area (Å²) in [7, 11) is 0. The number of hydrogen-bond donors (Lipinski definition) is 5. The van der Waals surface area contributed by atoms with Crippen LogP contribution in [0.3, 0.4) is 0 Å². The van der Waals surface area contributed by atoms with Gasteiger partial charge in [-0.2, -0.15) is 0 Å². The van der Waals surface area contributed by atoms with E-state index < -0.39 is 42.4 Å². The smallest absolute Gasteiger partial charge is 0.330 e. The van der Waals surface area contributed by atoms with E-state index in [1.807, 2.05) is 0 Å². The first-order valence-electron chi connectivity index (χ1n) is 7.76. The van der Waals surface area contributed by atoms with Crippen molar-refractivity contribution < 1.29 is 20.1 Å². The second-order valence-corrected chi connectivity index (χ2v) is 5.81. The third-order valence-electron chi connectivity index (χ3n) is 3.99. The summed E-state index contributed by atoms with van der Waals surface area (Å²) < 4.78 is 6.23. The summed E-state index contributed by atoms with van der Waals surface area (Å²) in [6.45, 7) is -0.533. The average Bonchev–Trinajstić information content (AvgIpc) is 2.89. The molecule has 1 fully saturated rings. The molecule has 0 bridgehead atoms. The van der Waals surface area contributed by atoms with Crippen LogP contribution in [0.2, 0.25) is 0 Å². The van der Waals surface area contributed by atoms with Crippen molar-refractivity contribution in [2.45, 2.75) is 24.5 Å². The third-order valence-corrected chi connectivity index (χ3v) is 3.99. The zero-order chi connectivity index (χ0) is 18.8. The fourth-order valence-corrected chi connectivity index (χ4v) is 2.63. The SMILES string of the molecule is Nc1cccc(C#Cc2cn([C@@H]3O[C@H](CO)[C@@H](O)[C@H]3O)c(=O)[nH]c2=O)c1. The number of aliphatic hydroxyl groups is 3. The zero-order valence-electron chi connectivity index (χ0n) is 13.5. The number of benzene rings is 1. The molecule has 9 heteroatoms. The van der Waals surface area contributed by atoms with Crippen LogP contribution in [0.5, 0.6) is 0 Å². The first-order valence-corrected chi connectivity index (χ1v) is 7.76. The van der Waals surface area contributed by atoms with Crippen LogP contribution in [0, 0.1) is 11.8 Å². The minimum absolute atomic E-state index is 0.0373. The van der Waals surface area contributed by atoms with E-state index in [1.54, 1.807) is 24.3 Å². The zero-order valence-corrected chi connectivity index (χ0v) is 13.5. The lowest BCUT2D eigenvalue weighted by molar-refractivity contribution is -0.0550. The van der Waals surface area contributed by atoms with Crippen molar-refractivity contribution in [3.8, 4) is 11.8 Å². The maximum atomic E-state index is 12.1. The van der Waals surface area contributed by atoms with Gasteiger partial charge in [0.2, 0.25) is 0 Å². The molecule has 6 N–H and O–H groups in total. The minimum atomic E-state index is -1.45. The van der Waals surface area contributed by atoms with Gasteiger partial charge in [0.05, 0.1) is 6.61 Å². The van der Waals surface area contributed by atoms with Gasteiger partial charge in [-0.1, -0.05) is 17.9 Å². The molecule has 0 spiro atoms. The summed E-state index contributed by atoms with van der Waals surface area (Å²) in [5.74, 6) is 5.40. The van der Waals surface area contributed by atoms with Crippen molar-refractivity contribution in [1.82, 2.24) is 9.55 Å². The Bertz CT molecular complexity index is 986. The van der Waals surface area contributed by atoms with Crippen LogP contribution < -0.4 is 17.0 Å². The quantitative estimate of drug-likeness (QED) is 0.311. The number of nitrogens with two attached hydrogens (primary N) is 1. The number of rotatable bonds is 2. The first-order chi connectivity index (χ1) is 12.4. The number of hydrogen-bond acceptors (Lipinski definition) is 7. The van der Waals surface area contributed by atoms with Gasteiger partial charge in [-0.3, -0.25) is 14.3 Å². The van der Waals surface area contributed by atoms with Crippen LogP contribution in [-0.4, -0.2) is 49.8 Å². The van der Waals surface area contributed by atoms with E-state index in [0.717, 1.165) is 10.8 Å². The normalized spacial score (nSPS) is 24.9. The molecule has 136 valence electrons. The van der Waals surface area contributed by atoms with E-state index in [1.165, 1.54) is 0 Å². The highest BCUT2D eigenvalue weighted by molar-refractivity contribution is 5.49. The molecule has 0 amide bonds. The summed E-state index contributed by atoms with van der Waals surface area (Å²) in [5.41, 5.74) is 5.19. The number of aromatic amines is 1. The molecule has 1 aromatic carbocycles. The summed E-state index contributed by atoms with van der Waals surface area (Å²) in [6, 6.07) is 6.74. The average molecular weight is 359 g/mol. The molecular formula is C17H17N3O6. The maximum Gasteiger partial charge on any atom is 0.330 e. The van der Waals surface area contributed by atoms with Crippen LogP contribution >= 0.6 is 0 Å². The molecular weight excluding hydrogens is 342 g/mol. The minimum Gasteiger partial charge on any atom is -0.399 e. The number of anilines is 1. The molecule has 0 radical (unpaired) electrons. The number of nitrogen functional groups attached to an aromatic ring is 1. The number of ether oxygens (including phenoxy) is 1. The summed E-state index contributed by atoms with van der Waals surface area (Å²) in [6.07, 6.45) is -3.99. The van der Waals surface area contributed by atoms with Crippen LogP contribution in [0.15, 0.2) is 40.1 Å². The van der Waals surface area contributed by atoms with Gasteiger partial charge in [0.25, 0.3) is 5.56 Å². The van der Waals surface area contributed by atoms with Gasteiger partial charge in [0.1, 0.15) is 23.9 Å². The summed E-state index contributed by atoms with van der Waals surface area (Å²) in [4.78, 5) is 26.1. The van der Waals surface area contributed by atoms with Crippen LogP contribution in [0.4, 0.5) is 5.69 Å². The molecule has 0 aliphatic carbocycles. The molecule has 26 heavy (non-hydrogen) atoms. The van der Waals surface area contributed by atoms with E-state index in [9.17, 15) is 19.8 Å². The molecule has 1 aliphatic heterocycles. The molecule has 1 saturated heterocycles. The fraction of sp³-hybridized carbons (Fsp3) is 0.294. The standard InChI is InChI=1S/C17H17N3O6/c18-11-3-1-2-9(6-11)4-5-10-7-20(17(25)19-15(10)24)16-14(23)13(22)12(8-21)26-16/h1-3,6-7,12-14,16,21-23H,8,18H2,(H,19,24,25)/t12-,13-,14-,16-/m1/s1. The molecule has 4 atom stereocenters. The Labute approximate surface area is 147 Å².